The Bertz CT molecular complexity index is 267. The van der Waals surface area contributed by atoms with E-state index in [9.17, 15) is 9.59 Å². The molecule has 0 aromatic heterocycles. The van der Waals surface area contributed by atoms with Gasteiger partial charge in [-0.3, -0.25) is 9.59 Å². The maximum atomic E-state index is 11.4. The van der Waals surface area contributed by atoms with Gasteiger partial charge >= 0.3 is 5.97 Å². The van der Waals surface area contributed by atoms with Crippen molar-refractivity contribution in [2.75, 3.05) is 31.2 Å². The van der Waals surface area contributed by atoms with Crippen LogP contribution in [0, 0.1) is 0 Å². The maximum Gasteiger partial charge on any atom is 0.323 e. The lowest BCUT2D eigenvalue weighted by Crippen LogP contribution is -2.47. The SMILES string of the molecule is CCOC(=O)[C@@H](CS)NCCNC(CS)C(N)=O. The largest absolute Gasteiger partial charge is 0.465 e. The minimum absolute atomic E-state index is 0.326. The Balaban J connectivity index is 3.87. The normalized spacial score (nSPS) is 13.9. The second kappa shape index (κ2) is 10.5. The third-order valence-corrected chi connectivity index (χ3v) is 2.92. The quantitative estimate of drug-likeness (QED) is 0.199. The minimum Gasteiger partial charge on any atom is -0.465 e. The Morgan fingerprint density at radius 3 is 2.06 bits per heavy atom. The molecular formula is C10H21N3O3S2. The van der Waals surface area contributed by atoms with Crippen LogP contribution in [0.25, 0.3) is 0 Å². The fraction of sp³-hybridized carbons (Fsp3) is 0.800. The van der Waals surface area contributed by atoms with Gasteiger partial charge in [0.1, 0.15) is 6.04 Å². The lowest BCUT2D eigenvalue weighted by atomic mass is 10.3. The number of thiol groups is 2. The molecule has 0 aliphatic carbocycles. The van der Waals surface area contributed by atoms with Crippen molar-refractivity contribution in [2.45, 2.75) is 19.0 Å². The van der Waals surface area contributed by atoms with Crippen LogP contribution in [0.15, 0.2) is 0 Å². The first-order chi connectivity index (χ1) is 8.56. The fourth-order valence-corrected chi connectivity index (χ4v) is 1.80. The van der Waals surface area contributed by atoms with Crippen LogP contribution in [-0.4, -0.2) is 55.2 Å². The van der Waals surface area contributed by atoms with E-state index in [1.54, 1.807) is 6.92 Å². The summed E-state index contributed by atoms with van der Waals surface area (Å²) in [6.45, 7) is 3.09. The van der Waals surface area contributed by atoms with E-state index in [1.807, 2.05) is 0 Å². The van der Waals surface area contributed by atoms with Crippen LogP contribution in [-0.2, 0) is 14.3 Å². The number of rotatable bonds is 10. The van der Waals surface area contributed by atoms with Crippen LogP contribution in [0.1, 0.15) is 6.92 Å². The van der Waals surface area contributed by atoms with Gasteiger partial charge < -0.3 is 21.1 Å². The first kappa shape index (κ1) is 17.6. The van der Waals surface area contributed by atoms with Gasteiger partial charge in [0.25, 0.3) is 0 Å². The van der Waals surface area contributed by atoms with Crippen molar-refractivity contribution >= 4 is 37.1 Å². The molecule has 8 heteroatoms. The molecule has 0 saturated carbocycles. The van der Waals surface area contributed by atoms with E-state index in [2.05, 4.69) is 35.9 Å². The van der Waals surface area contributed by atoms with Crippen LogP contribution >= 0.6 is 25.3 Å². The van der Waals surface area contributed by atoms with Crippen molar-refractivity contribution in [3.63, 3.8) is 0 Å². The molecule has 0 aromatic rings. The number of primary amides is 1. The molecule has 0 radical (unpaired) electrons. The molecule has 6 nitrogen and oxygen atoms in total. The molecule has 0 rings (SSSR count). The van der Waals surface area contributed by atoms with Crippen molar-refractivity contribution < 1.29 is 14.3 Å². The number of ether oxygens (including phenoxy) is 1. The van der Waals surface area contributed by atoms with Gasteiger partial charge in [-0.25, -0.2) is 0 Å². The Kier molecular flexibility index (Phi) is 10.2. The molecule has 18 heavy (non-hydrogen) atoms. The van der Waals surface area contributed by atoms with Gasteiger partial charge in [0.2, 0.25) is 5.91 Å². The van der Waals surface area contributed by atoms with E-state index in [0.29, 0.717) is 31.2 Å². The molecular weight excluding hydrogens is 274 g/mol. The first-order valence-corrected chi connectivity index (χ1v) is 6.97. The Labute approximate surface area is 118 Å². The Hall–Kier alpha value is -0.440. The van der Waals surface area contributed by atoms with Crippen LogP contribution in [0.4, 0.5) is 0 Å². The molecule has 0 spiro atoms. The lowest BCUT2D eigenvalue weighted by molar-refractivity contribution is -0.145. The minimum atomic E-state index is -0.466. The first-order valence-electron chi connectivity index (χ1n) is 5.71. The average molecular weight is 295 g/mol. The molecule has 4 N–H and O–H groups in total. The maximum absolute atomic E-state index is 11.4. The molecule has 0 fully saturated rings. The van der Waals surface area contributed by atoms with Gasteiger partial charge in [0.05, 0.1) is 12.6 Å². The van der Waals surface area contributed by atoms with E-state index < -0.39 is 18.0 Å². The highest BCUT2D eigenvalue weighted by atomic mass is 32.1. The monoisotopic (exact) mass is 295 g/mol. The van der Waals surface area contributed by atoms with Crippen LogP contribution < -0.4 is 16.4 Å². The van der Waals surface area contributed by atoms with Crippen molar-refractivity contribution in [3.8, 4) is 0 Å². The predicted octanol–water partition coefficient (Wildman–Crippen LogP) is -1.19. The van der Waals surface area contributed by atoms with Crippen molar-refractivity contribution in [1.82, 2.24) is 10.6 Å². The van der Waals surface area contributed by atoms with Gasteiger partial charge in [0.15, 0.2) is 0 Å². The Morgan fingerprint density at radius 2 is 1.67 bits per heavy atom. The molecule has 1 unspecified atom stereocenters. The van der Waals surface area contributed by atoms with Crippen LogP contribution in [0.3, 0.4) is 0 Å². The van der Waals surface area contributed by atoms with Gasteiger partial charge in [-0.15, -0.1) is 0 Å². The predicted molar refractivity (Wildman–Crippen MR) is 77.1 cm³/mol. The van der Waals surface area contributed by atoms with E-state index in [-0.39, 0.29) is 5.97 Å². The van der Waals surface area contributed by atoms with E-state index in [0.717, 1.165) is 0 Å². The molecule has 106 valence electrons. The molecule has 1 amide bonds. The number of hydrogen-bond acceptors (Lipinski definition) is 7. The summed E-state index contributed by atoms with van der Waals surface area (Å²) in [5, 5.41) is 5.91. The van der Waals surface area contributed by atoms with E-state index in [1.165, 1.54) is 0 Å². The van der Waals surface area contributed by atoms with Gasteiger partial charge in [0, 0.05) is 24.6 Å². The highest BCUT2D eigenvalue weighted by molar-refractivity contribution is 7.80. The zero-order valence-electron chi connectivity index (χ0n) is 10.4. The molecule has 2 atom stereocenters. The topological polar surface area (TPSA) is 93.4 Å². The van der Waals surface area contributed by atoms with Crippen LogP contribution in [0.2, 0.25) is 0 Å². The zero-order chi connectivity index (χ0) is 14.0. The fourth-order valence-electron chi connectivity index (χ4n) is 1.21. The number of esters is 1. The smallest absolute Gasteiger partial charge is 0.323 e. The highest BCUT2D eigenvalue weighted by Gasteiger charge is 2.17. The number of carbonyl (C=O) groups is 2. The van der Waals surface area contributed by atoms with Gasteiger partial charge in [-0.05, 0) is 6.92 Å². The molecule has 0 aromatic carbocycles. The molecule has 0 aliphatic rings. The van der Waals surface area contributed by atoms with E-state index >= 15 is 0 Å². The molecule has 0 heterocycles. The summed E-state index contributed by atoms with van der Waals surface area (Å²) in [7, 11) is 0. The third-order valence-electron chi connectivity index (χ3n) is 2.19. The zero-order valence-corrected chi connectivity index (χ0v) is 12.2. The third kappa shape index (κ3) is 7.10. The average Bonchev–Trinajstić information content (AvgIpc) is 2.33. The second-order valence-corrected chi connectivity index (χ2v) is 4.26. The standard InChI is InChI=1S/C10H21N3O3S2/c1-2-16-10(15)8(6-18)13-4-3-12-7(5-17)9(11)14/h7-8,12-13,17-18H,2-6H2,1H3,(H2,11,14)/t7?,8-/m1/s1. The highest BCUT2D eigenvalue weighted by Crippen LogP contribution is 1.92. The summed E-state index contributed by atoms with van der Waals surface area (Å²) in [6, 6.07) is -0.912. The number of hydrogen-bond donors (Lipinski definition) is 5. The number of nitrogens with one attached hydrogen (secondary N) is 2. The summed E-state index contributed by atoms with van der Waals surface area (Å²) in [6.07, 6.45) is 0. The van der Waals surface area contributed by atoms with Crippen molar-refractivity contribution in [1.29, 1.82) is 0 Å². The molecule has 0 saturated heterocycles. The summed E-state index contributed by atoms with van der Waals surface area (Å²) >= 11 is 8.08. The Morgan fingerprint density at radius 1 is 1.17 bits per heavy atom. The van der Waals surface area contributed by atoms with E-state index in [4.69, 9.17) is 10.5 Å². The van der Waals surface area contributed by atoms with Gasteiger partial charge in [-0.2, -0.15) is 25.3 Å². The summed E-state index contributed by atoms with van der Waals surface area (Å²) in [5.74, 6) is -0.0808. The number of carbonyl (C=O) groups excluding carboxylic acids is 2. The number of amides is 1. The second-order valence-electron chi connectivity index (χ2n) is 3.53. The summed E-state index contributed by atoms with van der Waals surface area (Å²) in [5.41, 5.74) is 5.15. The summed E-state index contributed by atoms with van der Waals surface area (Å²) < 4.78 is 4.88. The van der Waals surface area contributed by atoms with Crippen LogP contribution in [0.5, 0.6) is 0 Å². The molecule has 0 bridgehead atoms. The summed E-state index contributed by atoms with van der Waals surface area (Å²) in [4.78, 5) is 22.3. The van der Waals surface area contributed by atoms with Gasteiger partial charge in [-0.1, -0.05) is 0 Å². The van der Waals surface area contributed by atoms with Crippen molar-refractivity contribution in [3.05, 3.63) is 0 Å². The molecule has 0 aliphatic heterocycles. The number of nitrogens with two attached hydrogens (primary N) is 1. The lowest BCUT2D eigenvalue weighted by Gasteiger charge is -2.17. The van der Waals surface area contributed by atoms with Crippen molar-refractivity contribution in [2.24, 2.45) is 5.73 Å².